The van der Waals surface area contributed by atoms with Crippen LogP contribution in [0.2, 0.25) is 0 Å². The average Bonchev–Trinajstić information content (AvgIpc) is 3.29. The molecular formula is C20H23N5O3. The van der Waals surface area contributed by atoms with Gasteiger partial charge in [0.25, 0.3) is 5.91 Å². The highest BCUT2D eigenvalue weighted by atomic mass is 16.6. The van der Waals surface area contributed by atoms with E-state index >= 15 is 0 Å². The highest BCUT2D eigenvalue weighted by Crippen LogP contribution is 2.38. The van der Waals surface area contributed by atoms with Crippen LogP contribution < -0.4 is 5.32 Å². The molecule has 8 nitrogen and oxygen atoms in total. The Hall–Kier alpha value is -2.84. The van der Waals surface area contributed by atoms with E-state index in [4.69, 9.17) is 16.3 Å². The molecule has 0 bridgehead atoms. The van der Waals surface area contributed by atoms with Crippen molar-refractivity contribution in [3.63, 3.8) is 0 Å². The maximum atomic E-state index is 12.6. The second-order valence-corrected chi connectivity index (χ2v) is 6.54. The van der Waals surface area contributed by atoms with E-state index in [2.05, 4.69) is 20.3 Å². The molecule has 28 heavy (non-hydrogen) atoms. The van der Waals surface area contributed by atoms with Gasteiger partial charge in [-0.25, -0.2) is 15.0 Å². The van der Waals surface area contributed by atoms with Crippen LogP contribution in [0.4, 0.5) is 5.82 Å². The van der Waals surface area contributed by atoms with Gasteiger partial charge in [0.1, 0.15) is 12.4 Å². The Kier molecular flexibility index (Phi) is 3.65. The smallest absolute Gasteiger partial charge is 0.256 e. The lowest BCUT2D eigenvalue weighted by molar-refractivity contribution is -0.0484. The van der Waals surface area contributed by atoms with Gasteiger partial charge < -0.3 is 14.8 Å². The molecule has 3 aromatic rings. The average molecular weight is 386 g/mol. The van der Waals surface area contributed by atoms with Gasteiger partial charge in [-0.3, -0.25) is 9.36 Å². The Morgan fingerprint density at radius 2 is 2.18 bits per heavy atom. The summed E-state index contributed by atoms with van der Waals surface area (Å²) in [4.78, 5) is 25.2. The lowest BCUT2D eigenvalue weighted by Crippen LogP contribution is -2.26. The molecule has 2 aromatic heterocycles. The van der Waals surface area contributed by atoms with E-state index in [-0.39, 0.29) is 22.9 Å². The Morgan fingerprint density at radius 3 is 2.93 bits per heavy atom. The maximum absolute atomic E-state index is 12.6. The quantitative estimate of drug-likeness (QED) is 0.725. The Morgan fingerprint density at radius 1 is 1.36 bits per heavy atom. The van der Waals surface area contributed by atoms with Crippen LogP contribution in [-0.2, 0) is 9.47 Å². The fraction of sp³-hybridized carbons (Fsp3) is 0.400. The summed E-state index contributed by atoms with van der Waals surface area (Å²) in [6, 6.07) is 8.61. The van der Waals surface area contributed by atoms with Crippen LogP contribution in [0.3, 0.4) is 0 Å². The van der Waals surface area contributed by atoms with Crippen molar-refractivity contribution in [2.45, 2.75) is 38.7 Å². The zero-order chi connectivity index (χ0) is 24.0. The monoisotopic (exact) mass is 386 g/mol. The molecule has 1 saturated heterocycles. The van der Waals surface area contributed by atoms with Gasteiger partial charge in [0.2, 0.25) is 0 Å². The highest BCUT2D eigenvalue weighted by molar-refractivity contribution is 6.06. The molecular weight excluding hydrogens is 358 g/mol. The number of methoxy groups -OCH3 is 1. The van der Waals surface area contributed by atoms with E-state index in [0.717, 1.165) is 0 Å². The summed E-state index contributed by atoms with van der Waals surface area (Å²) in [7, 11) is -2.71. The number of nitrogens with zero attached hydrogens (tertiary/aromatic N) is 4. The zero-order valence-electron chi connectivity index (χ0n) is 20.4. The number of amides is 1. The van der Waals surface area contributed by atoms with Gasteiger partial charge in [0.15, 0.2) is 23.2 Å². The van der Waals surface area contributed by atoms with Crippen LogP contribution in [0.15, 0.2) is 43.0 Å². The largest absolute Gasteiger partial charge is 0.376 e. The molecule has 1 aliphatic heterocycles. The molecule has 1 amide bonds. The Labute approximate surface area is 169 Å². The SMILES string of the molecule is [2H]C([2H])([2H])O[C@@H]1[C@H](C)[C@@H](C([2H])([2H])C)O[C@H]1n1cnc2c(NC(=O)c3ccccc3)ncnc21. The Balaban J connectivity index is 1.70. The second kappa shape index (κ2) is 7.65. The fourth-order valence-electron chi connectivity index (χ4n) is 3.40. The summed E-state index contributed by atoms with van der Waals surface area (Å²) in [6.45, 7) is 3.05. The molecule has 1 N–H and O–H groups in total. The van der Waals surface area contributed by atoms with Crippen molar-refractivity contribution >= 4 is 22.9 Å². The number of nitrogens with one attached hydrogen (secondary N) is 1. The summed E-state index contributed by atoms with van der Waals surface area (Å²) in [5.41, 5.74) is 0.992. The van der Waals surface area contributed by atoms with Crippen molar-refractivity contribution in [3.05, 3.63) is 48.5 Å². The van der Waals surface area contributed by atoms with Crippen molar-refractivity contribution in [1.29, 1.82) is 0 Å². The van der Waals surface area contributed by atoms with Crippen molar-refractivity contribution in [2.24, 2.45) is 5.92 Å². The predicted octanol–water partition coefficient (Wildman–Crippen LogP) is 3.04. The number of aromatic nitrogens is 4. The highest BCUT2D eigenvalue weighted by Gasteiger charge is 2.43. The van der Waals surface area contributed by atoms with Gasteiger partial charge in [0.05, 0.1) is 16.5 Å². The standard InChI is InChI=1S/C20H23N5O3/c1-4-14-12(2)16(27-3)20(28-14)25-11-23-15-17(21-10-22-18(15)25)24-19(26)13-8-6-5-7-9-13/h5-12,14,16,20H,4H2,1-3H3,(H,21,22,24,26)/t12-,14-,16-,20-/m1/s1/i3D3,4D2. The third kappa shape index (κ3) is 3.14. The molecule has 0 radical (unpaired) electrons. The first-order chi connectivity index (χ1) is 15.5. The van der Waals surface area contributed by atoms with E-state index < -0.39 is 37.8 Å². The minimum Gasteiger partial charge on any atom is -0.376 e. The van der Waals surface area contributed by atoms with E-state index in [9.17, 15) is 4.79 Å². The number of rotatable bonds is 5. The first-order valence-electron chi connectivity index (χ1n) is 11.3. The van der Waals surface area contributed by atoms with Crippen LogP contribution >= 0.6 is 0 Å². The molecule has 146 valence electrons. The van der Waals surface area contributed by atoms with Gasteiger partial charge in [-0.1, -0.05) is 32.0 Å². The van der Waals surface area contributed by atoms with Crippen molar-refractivity contribution in [3.8, 4) is 0 Å². The molecule has 0 saturated carbocycles. The number of hydrogen-bond donors (Lipinski definition) is 1. The number of hydrogen-bond acceptors (Lipinski definition) is 6. The first kappa shape index (κ1) is 13.4. The van der Waals surface area contributed by atoms with Crippen LogP contribution in [0.1, 0.15) is 43.7 Å². The minimum absolute atomic E-state index is 0.175. The number of carbonyl (C=O) groups is 1. The summed E-state index contributed by atoms with van der Waals surface area (Å²) in [5, 5.41) is 2.71. The summed E-state index contributed by atoms with van der Waals surface area (Å²) in [5.74, 6) is -0.778. The normalized spacial score (nSPS) is 28.1. The number of anilines is 1. The van der Waals surface area contributed by atoms with E-state index in [1.54, 1.807) is 37.3 Å². The molecule has 8 heteroatoms. The topological polar surface area (TPSA) is 91.2 Å². The van der Waals surface area contributed by atoms with Crippen molar-refractivity contribution in [2.75, 3.05) is 12.4 Å². The zero-order valence-corrected chi connectivity index (χ0v) is 15.4. The Bertz CT molecular complexity index is 1150. The minimum atomic E-state index is -2.71. The maximum Gasteiger partial charge on any atom is 0.256 e. The van der Waals surface area contributed by atoms with Crippen LogP contribution in [-0.4, -0.2) is 44.7 Å². The fourth-order valence-corrected chi connectivity index (χ4v) is 3.40. The number of benzene rings is 1. The molecule has 4 atom stereocenters. The molecule has 0 unspecified atom stereocenters. The third-order valence-corrected chi connectivity index (χ3v) is 4.88. The summed E-state index contributed by atoms with van der Waals surface area (Å²) in [6.07, 6.45) is -2.03. The number of imidazole rings is 1. The van der Waals surface area contributed by atoms with Gasteiger partial charge >= 0.3 is 0 Å². The third-order valence-electron chi connectivity index (χ3n) is 4.88. The summed E-state index contributed by atoms with van der Waals surface area (Å²) < 4.78 is 51.6. The lowest BCUT2D eigenvalue weighted by atomic mass is 9.98. The molecule has 1 aromatic carbocycles. The van der Waals surface area contributed by atoms with E-state index in [1.165, 1.54) is 24.1 Å². The second-order valence-electron chi connectivity index (χ2n) is 6.54. The molecule has 1 aliphatic rings. The number of ether oxygens (including phenoxy) is 2. The first-order valence-corrected chi connectivity index (χ1v) is 8.83. The van der Waals surface area contributed by atoms with Crippen molar-refractivity contribution in [1.82, 2.24) is 19.5 Å². The molecule has 4 rings (SSSR count). The van der Waals surface area contributed by atoms with E-state index in [1.807, 2.05) is 0 Å². The van der Waals surface area contributed by atoms with E-state index in [0.29, 0.717) is 5.56 Å². The van der Waals surface area contributed by atoms with Gasteiger partial charge in [0, 0.05) is 21.3 Å². The van der Waals surface area contributed by atoms with Gasteiger partial charge in [-0.2, -0.15) is 0 Å². The van der Waals surface area contributed by atoms with Crippen LogP contribution in [0, 0.1) is 5.92 Å². The van der Waals surface area contributed by atoms with Crippen molar-refractivity contribution < 1.29 is 21.1 Å². The number of carbonyl (C=O) groups excluding carboxylic acids is 1. The molecule has 0 spiro atoms. The lowest BCUT2D eigenvalue weighted by Gasteiger charge is -2.20. The van der Waals surface area contributed by atoms with Gasteiger partial charge in [-0.05, 0) is 18.5 Å². The number of fused-ring (bicyclic) bond motifs is 1. The van der Waals surface area contributed by atoms with Crippen LogP contribution in [0.25, 0.3) is 11.2 Å². The summed E-state index contributed by atoms with van der Waals surface area (Å²) >= 11 is 0. The molecule has 1 fully saturated rings. The van der Waals surface area contributed by atoms with Gasteiger partial charge in [-0.15, -0.1) is 0 Å². The molecule has 0 aliphatic carbocycles. The van der Waals surface area contributed by atoms with Crippen LogP contribution in [0.5, 0.6) is 0 Å². The predicted molar refractivity (Wildman–Crippen MR) is 104 cm³/mol. The molecule has 3 heterocycles.